The van der Waals surface area contributed by atoms with Crippen molar-refractivity contribution in [2.45, 2.75) is 39.7 Å². The topological polar surface area (TPSA) is 58.0 Å². The van der Waals surface area contributed by atoms with Crippen LogP contribution in [0.5, 0.6) is 0 Å². The molecule has 0 aliphatic heterocycles. The monoisotopic (exact) mass is 310 g/mol. The van der Waals surface area contributed by atoms with Gasteiger partial charge in [-0.3, -0.25) is 4.79 Å². The molecule has 2 N–H and O–H groups in total. The second-order valence-electron chi connectivity index (χ2n) is 6.22. The Bertz CT molecular complexity index is 815. The number of hydrogen-bond donors (Lipinski definition) is 2. The quantitative estimate of drug-likeness (QED) is 0.744. The zero-order valence-electron chi connectivity index (χ0n) is 13.8. The molecule has 4 nitrogen and oxygen atoms in total. The molecule has 1 atom stereocenters. The molecule has 0 bridgehead atoms. The summed E-state index contributed by atoms with van der Waals surface area (Å²) in [7, 11) is 0. The highest BCUT2D eigenvalue weighted by Gasteiger charge is 2.14. The van der Waals surface area contributed by atoms with E-state index < -0.39 is 0 Å². The van der Waals surface area contributed by atoms with Crippen LogP contribution in [0.2, 0.25) is 0 Å². The lowest BCUT2D eigenvalue weighted by atomic mass is 10.1. The molecule has 0 spiro atoms. The summed E-state index contributed by atoms with van der Waals surface area (Å²) in [6, 6.07) is 10.1. The summed E-state index contributed by atoms with van der Waals surface area (Å²) in [4.78, 5) is 15.6. The molecule has 2 aromatic heterocycles. The standard InChI is InChI=1S/C19H22N2O2/c1-12-9-13(2)16-11-18(21-17(16)10-12)19(22)20-14(3)6-7-15-5-4-8-23-15/h4-5,8-11,14,21H,6-7H2,1-3H3,(H,20,22). The molecule has 0 fully saturated rings. The van der Waals surface area contributed by atoms with Gasteiger partial charge in [0.05, 0.1) is 6.26 Å². The number of amides is 1. The number of furan rings is 1. The minimum Gasteiger partial charge on any atom is -0.469 e. The minimum atomic E-state index is -0.0646. The van der Waals surface area contributed by atoms with Crippen molar-refractivity contribution in [2.75, 3.05) is 0 Å². The number of aromatic amines is 1. The van der Waals surface area contributed by atoms with E-state index in [0.717, 1.165) is 29.5 Å². The average Bonchev–Trinajstić information content (AvgIpc) is 3.14. The van der Waals surface area contributed by atoms with Crippen LogP contribution in [-0.4, -0.2) is 16.9 Å². The van der Waals surface area contributed by atoms with Crippen LogP contribution in [-0.2, 0) is 6.42 Å². The minimum absolute atomic E-state index is 0.0646. The smallest absolute Gasteiger partial charge is 0.267 e. The van der Waals surface area contributed by atoms with E-state index in [-0.39, 0.29) is 11.9 Å². The molecular formula is C19H22N2O2. The third-order valence-electron chi connectivity index (χ3n) is 4.12. The highest BCUT2D eigenvalue weighted by Crippen LogP contribution is 2.21. The maximum Gasteiger partial charge on any atom is 0.267 e. The summed E-state index contributed by atoms with van der Waals surface area (Å²) in [5.74, 6) is 0.882. The molecule has 0 saturated heterocycles. The SMILES string of the molecule is Cc1cc(C)c2cc(C(=O)NC(C)CCc3ccco3)[nH]c2c1. The van der Waals surface area contributed by atoms with Crippen molar-refractivity contribution in [3.63, 3.8) is 0 Å². The first-order valence-corrected chi connectivity index (χ1v) is 7.96. The van der Waals surface area contributed by atoms with E-state index >= 15 is 0 Å². The zero-order chi connectivity index (χ0) is 16.4. The Hall–Kier alpha value is -2.49. The number of H-pyrrole nitrogens is 1. The van der Waals surface area contributed by atoms with Gasteiger partial charge in [-0.25, -0.2) is 0 Å². The molecule has 1 aromatic carbocycles. The molecule has 0 aliphatic carbocycles. The summed E-state index contributed by atoms with van der Waals surface area (Å²) in [5.41, 5.74) is 3.99. The van der Waals surface area contributed by atoms with E-state index in [1.165, 1.54) is 11.1 Å². The number of aryl methyl sites for hydroxylation is 3. The van der Waals surface area contributed by atoms with Gasteiger partial charge in [0, 0.05) is 23.4 Å². The van der Waals surface area contributed by atoms with Gasteiger partial charge in [-0.1, -0.05) is 6.07 Å². The van der Waals surface area contributed by atoms with E-state index in [2.05, 4.69) is 36.3 Å². The second-order valence-corrected chi connectivity index (χ2v) is 6.22. The molecule has 1 unspecified atom stereocenters. The van der Waals surface area contributed by atoms with Gasteiger partial charge in [0.1, 0.15) is 11.5 Å². The van der Waals surface area contributed by atoms with Crippen LogP contribution in [0, 0.1) is 13.8 Å². The molecule has 2 heterocycles. The maximum atomic E-state index is 12.4. The summed E-state index contributed by atoms with van der Waals surface area (Å²) in [5, 5.41) is 4.14. The van der Waals surface area contributed by atoms with Gasteiger partial charge in [-0.05, 0) is 62.6 Å². The van der Waals surface area contributed by atoms with Crippen molar-refractivity contribution in [3.8, 4) is 0 Å². The van der Waals surface area contributed by atoms with Crippen LogP contribution in [0.1, 0.15) is 40.7 Å². The zero-order valence-corrected chi connectivity index (χ0v) is 13.8. The molecule has 23 heavy (non-hydrogen) atoms. The van der Waals surface area contributed by atoms with Crippen molar-refractivity contribution in [2.24, 2.45) is 0 Å². The Morgan fingerprint density at radius 3 is 2.87 bits per heavy atom. The lowest BCUT2D eigenvalue weighted by Gasteiger charge is -2.12. The van der Waals surface area contributed by atoms with Gasteiger partial charge < -0.3 is 14.7 Å². The first kappa shape index (κ1) is 15.4. The number of hydrogen-bond acceptors (Lipinski definition) is 2. The van der Waals surface area contributed by atoms with E-state index in [9.17, 15) is 4.79 Å². The highest BCUT2D eigenvalue weighted by molar-refractivity contribution is 5.99. The Morgan fingerprint density at radius 1 is 1.30 bits per heavy atom. The fourth-order valence-electron chi connectivity index (χ4n) is 2.91. The predicted octanol–water partition coefficient (Wildman–Crippen LogP) is 4.13. The number of benzene rings is 1. The lowest BCUT2D eigenvalue weighted by Crippen LogP contribution is -2.33. The Labute approximate surface area is 135 Å². The van der Waals surface area contributed by atoms with Gasteiger partial charge in [0.2, 0.25) is 0 Å². The van der Waals surface area contributed by atoms with E-state index in [1.807, 2.05) is 25.1 Å². The largest absolute Gasteiger partial charge is 0.469 e. The molecule has 3 aromatic rings. The van der Waals surface area contributed by atoms with E-state index in [4.69, 9.17) is 4.42 Å². The third kappa shape index (κ3) is 3.47. The van der Waals surface area contributed by atoms with Crippen LogP contribution in [0.4, 0.5) is 0 Å². The lowest BCUT2D eigenvalue weighted by molar-refractivity contribution is 0.0934. The molecule has 0 saturated carbocycles. The summed E-state index contributed by atoms with van der Waals surface area (Å²) in [6.07, 6.45) is 3.34. The van der Waals surface area contributed by atoms with Crippen LogP contribution < -0.4 is 5.32 Å². The Balaban J connectivity index is 1.67. The normalized spacial score (nSPS) is 12.5. The summed E-state index contributed by atoms with van der Waals surface area (Å²) in [6.45, 7) is 6.14. The average molecular weight is 310 g/mol. The van der Waals surface area contributed by atoms with Crippen molar-refractivity contribution in [1.82, 2.24) is 10.3 Å². The predicted molar refractivity (Wildman–Crippen MR) is 91.7 cm³/mol. The number of aromatic nitrogens is 1. The van der Waals surface area contributed by atoms with Crippen LogP contribution >= 0.6 is 0 Å². The molecule has 0 radical (unpaired) electrons. The summed E-state index contributed by atoms with van der Waals surface area (Å²) >= 11 is 0. The second kappa shape index (κ2) is 6.32. The van der Waals surface area contributed by atoms with Gasteiger partial charge in [0.25, 0.3) is 5.91 Å². The fourth-order valence-corrected chi connectivity index (χ4v) is 2.91. The summed E-state index contributed by atoms with van der Waals surface area (Å²) < 4.78 is 5.32. The number of carbonyl (C=O) groups is 1. The number of rotatable bonds is 5. The molecule has 120 valence electrons. The van der Waals surface area contributed by atoms with Gasteiger partial charge in [-0.15, -0.1) is 0 Å². The maximum absolute atomic E-state index is 12.4. The number of carbonyl (C=O) groups excluding carboxylic acids is 1. The van der Waals surface area contributed by atoms with Crippen molar-refractivity contribution in [3.05, 3.63) is 59.2 Å². The van der Waals surface area contributed by atoms with Crippen LogP contribution in [0.25, 0.3) is 10.9 Å². The first-order valence-electron chi connectivity index (χ1n) is 7.96. The van der Waals surface area contributed by atoms with Crippen molar-refractivity contribution < 1.29 is 9.21 Å². The fraction of sp³-hybridized carbons (Fsp3) is 0.316. The number of fused-ring (bicyclic) bond motifs is 1. The Kier molecular flexibility index (Phi) is 4.24. The van der Waals surface area contributed by atoms with Crippen molar-refractivity contribution >= 4 is 16.8 Å². The van der Waals surface area contributed by atoms with Crippen LogP contribution in [0.3, 0.4) is 0 Å². The van der Waals surface area contributed by atoms with E-state index in [0.29, 0.717) is 5.69 Å². The van der Waals surface area contributed by atoms with Gasteiger partial charge in [0.15, 0.2) is 0 Å². The molecular weight excluding hydrogens is 288 g/mol. The van der Waals surface area contributed by atoms with Crippen LogP contribution in [0.15, 0.2) is 41.0 Å². The van der Waals surface area contributed by atoms with Crippen molar-refractivity contribution in [1.29, 1.82) is 0 Å². The molecule has 3 rings (SSSR count). The van der Waals surface area contributed by atoms with Gasteiger partial charge in [-0.2, -0.15) is 0 Å². The Morgan fingerprint density at radius 2 is 2.13 bits per heavy atom. The molecule has 0 aliphatic rings. The first-order chi connectivity index (χ1) is 11.0. The number of nitrogens with one attached hydrogen (secondary N) is 2. The third-order valence-corrected chi connectivity index (χ3v) is 4.12. The molecule has 1 amide bonds. The van der Waals surface area contributed by atoms with Gasteiger partial charge >= 0.3 is 0 Å². The van der Waals surface area contributed by atoms with E-state index in [1.54, 1.807) is 6.26 Å². The molecule has 4 heteroatoms. The highest BCUT2D eigenvalue weighted by atomic mass is 16.3.